The zero-order valence-electron chi connectivity index (χ0n) is 13.3. The van der Waals surface area contributed by atoms with Gasteiger partial charge in [0.25, 0.3) is 0 Å². The van der Waals surface area contributed by atoms with Crippen LogP contribution in [0.5, 0.6) is 0 Å². The van der Waals surface area contributed by atoms with Gasteiger partial charge in [0.2, 0.25) is 0 Å². The van der Waals surface area contributed by atoms with E-state index in [1.807, 2.05) is 6.08 Å². The van der Waals surface area contributed by atoms with Gasteiger partial charge >= 0.3 is 0 Å². The molecule has 0 spiro atoms. The Balaban J connectivity index is 1.68. The predicted molar refractivity (Wildman–Crippen MR) is 83.7 cm³/mol. The number of hydrogen-bond donors (Lipinski definition) is 2. The van der Waals surface area contributed by atoms with Crippen LogP contribution in [0.25, 0.3) is 0 Å². The van der Waals surface area contributed by atoms with Crippen molar-refractivity contribution in [1.29, 1.82) is 0 Å². The Morgan fingerprint density at radius 2 is 1.86 bits per heavy atom. The Morgan fingerprint density at radius 1 is 1.05 bits per heavy atom. The van der Waals surface area contributed by atoms with E-state index in [0.29, 0.717) is 17.6 Å². The van der Waals surface area contributed by atoms with Crippen molar-refractivity contribution in [2.24, 2.45) is 34.5 Å². The fourth-order valence-corrected chi connectivity index (χ4v) is 6.43. The van der Waals surface area contributed by atoms with Crippen LogP contribution in [-0.4, -0.2) is 16.3 Å². The van der Waals surface area contributed by atoms with Crippen LogP contribution in [0.2, 0.25) is 0 Å². The van der Waals surface area contributed by atoms with E-state index in [2.05, 4.69) is 26.0 Å². The average molecular weight is 288 g/mol. The van der Waals surface area contributed by atoms with Gasteiger partial charge in [-0.1, -0.05) is 19.9 Å². The second-order valence-corrected chi connectivity index (χ2v) is 8.49. The minimum Gasteiger partial charge on any atom is -0.508 e. The van der Waals surface area contributed by atoms with Crippen molar-refractivity contribution >= 4 is 0 Å². The topological polar surface area (TPSA) is 40.5 Å². The molecule has 4 aliphatic rings. The van der Waals surface area contributed by atoms with Crippen LogP contribution < -0.4 is 0 Å². The molecule has 0 aliphatic heterocycles. The summed E-state index contributed by atoms with van der Waals surface area (Å²) in [4.78, 5) is 0. The minimum atomic E-state index is -0.0835. The van der Waals surface area contributed by atoms with Gasteiger partial charge in [-0.3, -0.25) is 0 Å². The number of fused-ring (bicyclic) bond motifs is 5. The summed E-state index contributed by atoms with van der Waals surface area (Å²) in [5.41, 5.74) is 0.380. The monoisotopic (exact) mass is 288 g/mol. The lowest BCUT2D eigenvalue weighted by molar-refractivity contribution is -0.0857. The highest BCUT2D eigenvalue weighted by molar-refractivity contribution is 5.27. The molecule has 0 unspecified atom stereocenters. The molecule has 4 rings (SSSR count). The maximum atomic E-state index is 10.4. The van der Waals surface area contributed by atoms with E-state index in [9.17, 15) is 10.2 Å². The third-order valence-electron chi connectivity index (χ3n) is 7.78. The smallest absolute Gasteiger partial charge is 0.111 e. The number of allylic oxidation sites excluding steroid dienone is 3. The Labute approximate surface area is 127 Å². The average Bonchev–Trinajstić information content (AvgIpc) is 2.76. The quantitative estimate of drug-likeness (QED) is 0.700. The molecule has 0 heterocycles. The highest BCUT2D eigenvalue weighted by atomic mass is 16.3. The highest BCUT2D eigenvalue weighted by Gasteiger charge is 2.58. The highest BCUT2D eigenvalue weighted by Crippen LogP contribution is 2.64. The normalized spacial score (nSPS) is 55.4. The zero-order chi connectivity index (χ0) is 14.8. The van der Waals surface area contributed by atoms with Gasteiger partial charge in [-0.05, 0) is 85.2 Å². The lowest BCUT2D eigenvalue weighted by Gasteiger charge is -2.58. The molecular formula is C19H28O2. The molecule has 0 aromatic heterocycles. The third kappa shape index (κ3) is 1.75. The first-order valence-corrected chi connectivity index (χ1v) is 8.73. The number of rotatable bonds is 0. The summed E-state index contributed by atoms with van der Waals surface area (Å²) in [7, 11) is 0. The first-order valence-electron chi connectivity index (χ1n) is 8.73. The lowest BCUT2D eigenvalue weighted by Crippen LogP contribution is -2.52. The van der Waals surface area contributed by atoms with Crippen molar-refractivity contribution in [2.75, 3.05) is 0 Å². The summed E-state index contributed by atoms with van der Waals surface area (Å²) in [6.45, 7) is 4.74. The summed E-state index contributed by atoms with van der Waals surface area (Å²) in [6.07, 6.45) is 13.3. The Morgan fingerprint density at radius 3 is 2.67 bits per heavy atom. The van der Waals surface area contributed by atoms with E-state index >= 15 is 0 Å². The molecule has 4 aliphatic carbocycles. The molecule has 116 valence electrons. The van der Waals surface area contributed by atoms with Crippen LogP contribution in [-0.2, 0) is 0 Å². The molecular weight excluding hydrogens is 260 g/mol. The molecule has 0 saturated heterocycles. The van der Waals surface area contributed by atoms with Crippen LogP contribution in [0.4, 0.5) is 0 Å². The van der Waals surface area contributed by atoms with Crippen molar-refractivity contribution in [3.8, 4) is 0 Å². The van der Waals surface area contributed by atoms with Gasteiger partial charge in [-0.25, -0.2) is 0 Å². The van der Waals surface area contributed by atoms with Crippen molar-refractivity contribution in [2.45, 2.75) is 58.5 Å². The standard InChI is InChI=1S/C19H28O2/c1-18-9-7-13(20)11-12(18)3-4-14-15-5-6-17(21)19(15,2)10-8-16(14)18/h7,9,11-12,14-17,20-21H,3-6,8,10H2,1-2H3/t12-,14+,15+,16+,17+,18+,19+/m1/s1. The third-order valence-corrected chi connectivity index (χ3v) is 7.78. The van der Waals surface area contributed by atoms with Gasteiger partial charge in [0.15, 0.2) is 0 Å². The second-order valence-electron chi connectivity index (χ2n) is 8.49. The summed E-state index contributed by atoms with van der Waals surface area (Å²) in [6, 6.07) is 0. The van der Waals surface area contributed by atoms with E-state index in [1.54, 1.807) is 0 Å². The van der Waals surface area contributed by atoms with Crippen molar-refractivity contribution in [3.63, 3.8) is 0 Å². The summed E-state index contributed by atoms with van der Waals surface area (Å²) >= 11 is 0. The van der Waals surface area contributed by atoms with E-state index in [4.69, 9.17) is 0 Å². The Bertz CT molecular complexity index is 508. The summed E-state index contributed by atoms with van der Waals surface area (Å²) in [5.74, 6) is 3.14. The van der Waals surface area contributed by atoms with Crippen LogP contribution in [0.3, 0.4) is 0 Å². The van der Waals surface area contributed by atoms with Gasteiger partial charge in [-0.2, -0.15) is 0 Å². The fraction of sp³-hybridized carbons (Fsp3) is 0.789. The van der Waals surface area contributed by atoms with Gasteiger partial charge in [0.1, 0.15) is 5.76 Å². The SMILES string of the molecule is C[C@]12C=CC(O)=C[C@H]1CC[C@@H]1[C@@H]2CC[C@]2(C)[C@@H](O)CC[C@@H]12. The number of hydrogen-bond acceptors (Lipinski definition) is 2. The van der Waals surface area contributed by atoms with E-state index in [1.165, 1.54) is 32.1 Å². The molecule has 2 heteroatoms. The first-order chi connectivity index (χ1) is 9.95. The molecule has 0 bridgehead atoms. The molecule has 7 atom stereocenters. The Kier molecular flexibility index (Phi) is 2.89. The summed E-state index contributed by atoms with van der Waals surface area (Å²) in [5, 5.41) is 20.3. The molecule has 2 N–H and O–H groups in total. The van der Waals surface area contributed by atoms with Crippen molar-refractivity contribution in [3.05, 3.63) is 24.0 Å². The lowest BCUT2D eigenvalue weighted by atomic mass is 9.47. The minimum absolute atomic E-state index is 0.0835. The molecule has 21 heavy (non-hydrogen) atoms. The summed E-state index contributed by atoms with van der Waals surface area (Å²) < 4.78 is 0. The van der Waals surface area contributed by atoms with E-state index < -0.39 is 0 Å². The van der Waals surface area contributed by atoms with Crippen LogP contribution in [0, 0.1) is 34.5 Å². The largest absolute Gasteiger partial charge is 0.508 e. The van der Waals surface area contributed by atoms with Gasteiger partial charge in [0, 0.05) is 0 Å². The zero-order valence-corrected chi connectivity index (χ0v) is 13.3. The predicted octanol–water partition coefficient (Wildman–Crippen LogP) is 4.22. The van der Waals surface area contributed by atoms with Crippen molar-refractivity contribution < 1.29 is 10.2 Å². The fourth-order valence-electron chi connectivity index (χ4n) is 6.43. The molecule has 0 radical (unpaired) electrons. The molecule has 0 amide bonds. The van der Waals surface area contributed by atoms with Gasteiger partial charge < -0.3 is 10.2 Å². The molecule has 3 fully saturated rings. The number of aliphatic hydroxyl groups excluding tert-OH is 2. The van der Waals surface area contributed by atoms with Gasteiger partial charge in [-0.15, -0.1) is 0 Å². The van der Waals surface area contributed by atoms with Gasteiger partial charge in [0.05, 0.1) is 6.10 Å². The molecule has 0 aromatic rings. The van der Waals surface area contributed by atoms with Crippen LogP contribution >= 0.6 is 0 Å². The molecule has 3 saturated carbocycles. The van der Waals surface area contributed by atoms with Crippen LogP contribution in [0.15, 0.2) is 24.0 Å². The van der Waals surface area contributed by atoms with Crippen molar-refractivity contribution in [1.82, 2.24) is 0 Å². The number of aliphatic hydroxyl groups is 2. The molecule has 2 nitrogen and oxygen atoms in total. The maximum Gasteiger partial charge on any atom is 0.111 e. The van der Waals surface area contributed by atoms with E-state index in [0.717, 1.165) is 18.3 Å². The first kappa shape index (κ1) is 13.9. The van der Waals surface area contributed by atoms with Crippen LogP contribution in [0.1, 0.15) is 52.4 Å². The van der Waals surface area contributed by atoms with E-state index in [-0.39, 0.29) is 16.9 Å². The maximum absolute atomic E-state index is 10.4. The second kappa shape index (κ2) is 4.38. The Hall–Kier alpha value is -0.760. The molecule has 0 aromatic carbocycles.